The van der Waals surface area contributed by atoms with Crippen LogP contribution in [0, 0.1) is 13.8 Å². The van der Waals surface area contributed by atoms with E-state index in [0.717, 1.165) is 36.6 Å². The van der Waals surface area contributed by atoms with Gasteiger partial charge in [-0.2, -0.15) is 0 Å². The first-order chi connectivity index (χ1) is 12.1. The minimum atomic E-state index is -0.174. The summed E-state index contributed by atoms with van der Waals surface area (Å²) in [6.07, 6.45) is 7.28. The highest BCUT2D eigenvalue weighted by atomic mass is 32.1. The van der Waals surface area contributed by atoms with Crippen molar-refractivity contribution in [1.82, 2.24) is 30.6 Å². The van der Waals surface area contributed by atoms with Gasteiger partial charge in [0, 0.05) is 30.4 Å². The molecule has 25 heavy (non-hydrogen) atoms. The molecule has 0 aromatic carbocycles. The molecule has 136 valence electrons. The molecule has 3 rings (SSSR count). The van der Waals surface area contributed by atoms with Crippen molar-refractivity contribution in [2.24, 2.45) is 0 Å². The molecule has 1 fully saturated rings. The molecular weight excluding hydrogens is 336 g/mol. The van der Waals surface area contributed by atoms with Gasteiger partial charge in [-0.1, -0.05) is 11.6 Å². The maximum absolute atomic E-state index is 12.2. The van der Waals surface area contributed by atoms with Crippen LogP contribution in [0.3, 0.4) is 0 Å². The topological polar surface area (TPSA) is 84.7 Å². The van der Waals surface area contributed by atoms with Crippen LogP contribution in [0.25, 0.3) is 0 Å². The van der Waals surface area contributed by atoms with Crippen LogP contribution in [-0.4, -0.2) is 45.0 Å². The molecule has 0 saturated carbocycles. The summed E-state index contributed by atoms with van der Waals surface area (Å²) in [4.78, 5) is 17.9. The van der Waals surface area contributed by atoms with Crippen LogP contribution in [0.2, 0.25) is 0 Å². The van der Waals surface area contributed by atoms with Crippen molar-refractivity contribution in [3.8, 4) is 0 Å². The molecule has 1 saturated heterocycles. The van der Waals surface area contributed by atoms with E-state index < -0.39 is 0 Å². The summed E-state index contributed by atoms with van der Waals surface area (Å²) < 4.78 is 1.76. The highest BCUT2D eigenvalue weighted by molar-refractivity contribution is 7.11. The molecule has 2 N–H and O–H groups in total. The normalized spacial score (nSPS) is 17.6. The number of piperidine rings is 1. The number of rotatable bonds is 7. The molecule has 7 nitrogen and oxygen atoms in total. The third-order valence-electron chi connectivity index (χ3n) is 4.59. The van der Waals surface area contributed by atoms with E-state index in [0.29, 0.717) is 18.3 Å². The fourth-order valence-corrected chi connectivity index (χ4v) is 3.92. The molecule has 8 heteroatoms. The van der Waals surface area contributed by atoms with E-state index >= 15 is 0 Å². The predicted octanol–water partition coefficient (Wildman–Crippen LogP) is 1.86. The Balaban J connectivity index is 1.42. The lowest BCUT2D eigenvalue weighted by Crippen LogP contribution is -2.34. The fourth-order valence-electron chi connectivity index (χ4n) is 2.99. The first-order valence-corrected chi connectivity index (χ1v) is 9.78. The van der Waals surface area contributed by atoms with E-state index in [1.165, 1.54) is 24.1 Å². The SMILES string of the molecule is Cc1nc(CCNC(=O)c2cn(CCC3CCCCN3)nn2)sc1C. The van der Waals surface area contributed by atoms with Gasteiger partial charge in [0.2, 0.25) is 0 Å². The van der Waals surface area contributed by atoms with Crippen molar-refractivity contribution in [2.45, 2.75) is 58.5 Å². The highest BCUT2D eigenvalue weighted by Crippen LogP contribution is 2.16. The maximum atomic E-state index is 12.2. The van der Waals surface area contributed by atoms with Gasteiger partial charge in [-0.15, -0.1) is 16.4 Å². The number of carbonyl (C=O) groups is 1. The zero-order chi connectivity index (χ0) is 17.6. The Morgan fingerprint density at radius 2 is 2.32 bits per heavy atom. The van der Waals surface area contributed by atoms with Gasteiger partial charge in [0.05, 0.1) is 16.9 Å². The first-order valence-electron chi connectivity index (χ1n) is 8.96. The van der Waals surface area contributed by atoms with Crippen LogP contribution in [0.5, 0.6) is 0 Å². The van der Waals surface area contributed by atoms with Crippen molar-refractivity contribution in [2.75, 3.05) is 13.1 Å². The number of nitrogens with one attached hydrogen (secondary N) is 2. The Labute approximate surface area is 152 Å². The molecule has 1 unspecified atom stereocenters. The van der Waals surface area contributed by atoms with Crippen molar-refractivity contribution in [3.05, 3.63) is 27.5 Å². The van der Waals surface area contributed by atoms with Crippen LogP contribution < -0.4 is 10.6 Å². The third kappa shape index (κ3) is 5.09. The largest absolute Gasteiger partial charge is 0.350 e. The average molecular weight is 363 g/mol. The molecule has 3 heterocycles. The van der Waals surface area contributed by atoms with Gasteiger partial charge in [0.15, 0.2) is 5.69 Å². The van der Waals surface area contributed by atoms with Crippen molar-refractivity contribution >= 4 is 17.2 Å². The molecule has 0 radical (unpaired) electrons. The summed E-state index contributed by atoms with van der Waals surface area (Å²) in [6, 6.07) is 0.556. The highest BCUT2D eigenvalue weighted by Gasteiger charge is 2.14. The first kappa shape index (κ1) is 18.0. The van der Waals surface area contributed by atoms with Crippen molar-refractivity contribution in [3.63, 3.8) is 0 Å². The van der Waals surface area contributed by atoms with Gasteiger partial charge in [-0.05, 0) is 39.7 Å². The Kier molecular flexibility index (Phi) is 6.14. The quantitative estimate of drug-likeness (QED) is 0.785. The minimum absolute atomic E-state index is 0.174. The second kappa shape index (κ2) is 8.53. The molecule has 1 atom stereocenters. The molecular formula is C17H26N6OS. The van der Waals surface area contributed by atoms with Gasteiger partial charge >= 0.3 is 0 Å². The maximum Gasteiger partial charge on any atom is 0.273 e. The van der Waals surface area contributed by atoms with Crippen LogP contribution in [-0.2, 0) is 13.0 Å². The zero-order valence-corrected chi connectivity index (χ0v) is 15.7. The van der Waals surface area contributed by atoms with E-state index in [1.807, 2.05) is 6.92 Å². The smallest absolute Gasteiger partial charge is 0.273 e. The lowest BCUT2D eigenvalue weighted by molar-refractivity contribution is 0.0949. The predicted molar refractivity (Wildman–Crippen MR) is 97.9 cm³/mol. The molecule has 2 aromatic rings. The standard InChI is InChI=1S/C17H26N6OS/c1-12-13(2)25-16(20-12)6-9-19-17(24)15-11-23(22-21-15)10-7-14-5-3-4-8-18-14/h11,14,18H,3-10H2,1-2H3,(H,19,24). The second-order valence-electron chi connectivity index (χ2n) is 6.56. The Bertz CT molecular complexity index is 684. The number of amides is 1. The van der Waals surface area contributed by atoms with E-state index in [-0.39, 0.29) is 5.91 Å². The summed E-state index contributed by atoms with van der Waals surface area (Å²) in [7, 11) is 0. The summed E-state index contributed by atoms with van der Waals surface area (Å²) in [6.45, 7) is 6.53. The number of hydrogen-bond acceptors (Lipinski definition) is 6. The van der Waals surface area contributed by atoms with Crippen LogP contribution in [0.1, 0.15) is 51.8 Å². The van der Waals surface area contributed by atoms with E-state index in [9.17, 15) is 4.79 Å². The summed E-state index contributed by atoms with van der Waals surface area (Å²) in [5, 5.41) is 15.5. The molecule has 0 spiro atoms. The Morgan fingerprint density at radius 1 is 1.44 bits per heavy atom. The summed E-state index contributed by atoms with van der Waals surface area (Å²) in [5.41, 5.74) is 1.45. The number of nitrogens with zero attached hydrogens (tertiary/aromatic N) is 4. The number of carbonyl (C=O) groups excluding carboxylic acids is 1. The van der Waals surface area contributed by atoms with Crippen LogP contribution in [0.4, 0.5) is 0 Å². The molecule has 0 bridgehead atoms. The molecule has 1 aliphatic rings. The lowest BCUT2D eigenvalue weighted by Gasteiger charge is -2.23. The molecule has 1 amide bonds. The number of aromatic nitrogens is 4. The van der Waals surface area contributed by atoms with Gasteiger partial charge < -0.3 is 10.6 Å². The van der Waals surface area contributed by atoms with Gasteiger partial charge in [-0.3, -0.25) is 9.48 Å². The second-order valence-corrected chi connectivity index (χ2v) is 7.85. The van der Waals surface area contributed by atoms with Gasteiger partial charge in [0.1, 0.15) is 0 Å². The fraction of sp³-hybridized carbons (Fsp3) is 0.647. The van der Waals surface area contributed by atoms with Crippen molar-refractivity contribution in [1.29, 1.82) is 0 Å². The number of hydrogen-bond donors (Lipinski definition) is 2. The van der Waals surface area contributed by atoms with Gasteiger partial charge in [-0.25, -0.2) is 4.98 Å². The van der Waals surface area contributed by atoms with Gasteiger partial charge in [0.25, 0.3) is 5.91 Å². The molecule has 0 aliphatic carbocycles. The van der Waals surface area contributed by atoms with Crippen LogP contribution in [0.15, 0.2) is 6.20 Å². The van der Waals surface area contributed by atoms with Crippen molar-refractivity contribution < 1.29 is 4.79 Å². The van der Waals surface area contributed by atoms with E-state index in [4.69, 9.17) is 0 Å². The summed E-state index contributed by atoms with van der Waals surface area (Å²) >= 11 is 1.69. The number of aryl methyl sites for hydroxylation is 3. The zero-order valence-electron chi connectivity index (χ0n) is 14.9. The molecule has 1 aliphatic heterocycles. The number of thiazole rings is 1. The molecule has 2 aromatic heterocycles. The average Bonchev–Trinajstić information content (AvgIpc) is 3.21. The van der Waals surface area contributed by atoms with Crippen LogP contribution >= 0.6 is 11.3 Å². The Hall–Kier alpha value is -1.80. The minimum Gasteiger partial charge on any atom is -0.350 e. The monoisotopic (exact) mass is 362 g/mol. The third-order valence-corrected chi connectivity index (χ3v) is 5.72. The van der Waals surface area contributed by atoms with E-state index in [1.54, 1.807) is 22.2 Å². The van der Waals surface area contributed by atoms with E-state index in [2.05, 4.69) is 32.9 Å². The lowest BCUT2D eigenvalue weighted by atomic mass is 10.0. The summed E-state index contributed by atoms with van der Waals surface area (Å²) in [5.74, 6) is -0.174. The Morgan fingerprint density at radius 3 is 3.04 bits per heavy atom.